The monoisotopic (exact) mass is 798 g/mol. The molecule has 1 heterocycles. The van der Waals surface area contributed by atoms with E-state index < -0.39 is 71.2 Å². The maximum absolute atomic E-state index is 12.8. The molecule has 12 nitrogen and oxygen atoms in total. The van der Waals surface area contributed by atoms with Gasteiger partial charge < -0.3 is 34.3 Å². The van der Waals surface area contributed by atoms with Gasteiger partial charge in [0.2, 0.25) is 0 Å². The Bertz CT molecular complexity index is 1260. The van der Waals surface area contributed by atoms with Crippen LogP contribution in [0.15, 0.2) is 60.8 Å². The fourth-order valence-electron chi connectivity index (χ4n) is 5.67. The lowest BCUT2D eigenvalue weighted by Crippen LogP contribution is -2.60. The van der Waals surface area contributed by atoms with Crippen molar-refractivity contribution in [3.05, 3.63) is 60.8 Å². The third kappa shape index (κ3) is 27.6. The number of aliphatic hydroxyl groups is 3. The number of hydrogen-bond donors (Lipinski definition) is 4. The molecule has 0 saturated carbocycles. The number of hydrogen-bond acceptors (Lipinski definition) is 11. The number of ether oxygens (including phenoxy) is 4. The fourth-order valence-corrected chi connectivity index (χ4v) is 6.36. The molecule has 1 saturated heterocycles. The van der Waals surface area contributed by atoms with Crippen molar-refractivity contribution in [3.63, 3.8) is 0 Å². The van der Waals surface area contributed by atoms with E-state index in [9.17, 15) is 37.9 Å². The first-order valence-electron chi connectivity index (χ1n) is 20.3. The molecule has 0 spiro atoms. The van der Waals surface area contributed by atoms with Gasteiger partial charge in [-0.3, -0.25) is 14.1 Å². The van der Waals surface area contributed by atoms with E-state index in [0.29, 0.717) is 12.8 Å². The van der Waals surface area contributed by atoms with E-state index in [1.165, 1.54) is 0 Å². The lowest BCUT2D eigenvalue weighted by Gasteiger charge is -2.40. The summed E-state index contributed by atoms with van der Waals surface area (Å²) < 4.78 is 53.8. The Morgan fingerprint density at radius 1 is 0.636 bits per heavy atom. The van der Waals surface area contributed by atoms with Crippen LogP contribution >= 0.6 is 0 Å². The molecule has 1 fully saturated rings. The summed E-state index contributed by atoms with van der Waals surface area (Å²) in [5.41, 5.74) is 0. The average molecular weight is 799 g/mol. The minimum atomic E-state index is -4.60. The van der Waals surface area contributed by atoms with Crippen molar-refractivity contribution in [3.8, 4) is 0 Å². The zero-order valence-electron chi connectivity index (χ0n) is 33.3. The maximum Gasteiger partial charge on any atom is 0.306 e. The van der Waals surface area contributed by atoms with E-state index >= 15 is 0 Å². The Morgan fingerprint density at radius 3 is 1.73 bits per heavy atom. The number of rotatable bonds is 32. The highest BCUT2D eigenvalue weighted by molar-refractivity contribution is 7.85. The van der Waals surface area contributed by atoms with Crippen molar-refractivity contribution in [2.45, 2.75) is 173 Å². The summed E-state index contributed by atoms with van der Waals surface area (Å²) in [7, 11) is -4.60. The molecule has 0 amide bonds. The SMILES string of the molecule is CC/C=C\C/C=C\C/C=C\C/C=C\CCCCCCC(=O)OC(COC(=O)CCCCCCC/C=C\CCC)COC1OC(CS(=O)(=O)O)C(O)C(O)C1O. The zero-order chi connectivity index (χ0) is 40.6. The molecule has 0 bridgehead atoms. The van der Waals surface area contributed by atoms with Gasteiger partial charge in [0.1, 0.15) is 36.8 Å². The number of allylic oxidation sites excluding steroid dienone is 10. The molecule has 0 radical (unpaired) electrons. The summed E-state index contributed by atoms with van der Waals surface area (Å²) >= 11 is 0. The largest absolute Gasteiger partial charge is 0.462 e. The van der Waals surface area contributed by atoms with Gasteiger partial charge in [0.05, 0.1) is 6.61 Å². The molecule has 1 rings (SSSR count). The van der Waals surface area contributed by atoms with Crippen LogP contribution < -0.4 is 0 Å². The summed E-state index contributed by atoms with van der Waals surface area (Å²) in [4.78, 5) is 25.2. The second-order valence-electron chi connectivity index (χ2n) is 13.9. The van der Waals surface area contributed by atoms with Crippen molar-refractivity contribution >= 4 is 22.1 Å². The number of carbonyl (C=O) groups is 2. The van der Waals surface area contributed by atoms with Crippen LogP contribution in [0.4, 0.5) is 0 Å². The Balaban J connectivity index is 2.52. The second kappa shape index (κ2) is 32.4. The molecule has 0 aromatic heterocycles. The van der Waals surface area contributed by atoms with Crippen LogP contribution in [0, 0.1) is 0 Å². The van der Waals surface area contributed by atoms with Gasteiger partial charge in [-0.1, -0.05) is 113 Å². The van der Waals surface area contributed by atoms with Crippen molar-refractivity contribution in [2.75, 3.05) is 19.0 Å². The van der Waals surface area contributed by atoms with Gasteiger partial charge in [0, 0.05) is 12.8 Å². The molecular formula is C42H70O12S. The molecule has 316 valence electrons. The van der Waals surface area contributed by atoms with Crippen LogP contribution in [0.25, 0.3) is 0 Å². The molecule has 1 aliphatic heterocycles. The van der Waals surface area contributed by atoms with E-state index in [4.69, 9.17) is 18.9 Å². The lowest BCUT2D eigenvalue weighted by molar-refractivity contribution is -0.297. The first kappa shape index (κ1) is 50.4. The summed E-state index contributed by atoms with van der Waals surface area (Å²) in [6.45, 7) is 3.52. The van der Waals surface area contributed by atoms with Crippen LogP contribution in [-0.2, 0) is 38.7 Å². The Hall–Kier alpha value is -2.65. The molecule has 13 heteroatoms. The number of esters is 2. The highest BCUT2D eigenvalue weighted by atomic mass is 32.2. The van der Waals surface area contributed by atoms with E-state index in [1.807, 2.05) is 0 Å². The highest BCUT2D eigenvalue weighted by Crippen LogP contribution is 2.24. The van der Waals surface area contributed by atoms with Crippen LogP contribution in [0.1, 0.15) is 136 Å². The predicted octanol–water partition coefficient (Wildman–Crippen LogP) is 7.39. The third-order valence-corrected chi connectivity index (χ3v) is 9.56. The first-order valence-corrected chi connectivity index (χ1v) is 22.0. The minimum Gasteiger partial charge on any atom is -0.462 e. The molecular weight excluding hydrogens is 729 g/mol. The van der Waals surface area contributed by atoms with Gasteiger partial charge in [-0.25, -0.2) is 0 Å². The van der Waals surface area contributed by atoms with E-state index in [2.05, 4.69) is 74.6 Å². The highest BCUT2D eigenvalue weighted by Gasteiger charge is 2.46. The minimum absolute atomic E-state index is 0.132. The molecule has 0 aromatic carbocycles. The molecule has 6 atom stereocenters. The maximum atomic E-state index is 12.8. The molecule has 0 aromatic rings. The summed E-state index contributed by atoms with van der Waals surface area (Å²) in [5, 5.41) is 30.8. The number of unbranched alkanes of at least 4 members (excludes halogenated alkanes) is 10. The van der Waals surface area contributed by atoms with Crippen LogP contribution in [-0.4, -0.2) is 96.0 Å². The summed E-state index contributed by atoms with van der Waals surface area (Å²) in [6, 6.07) is 0. The molecule has 4 N–H and O–H groups in total. The van der Waals surface area contributed by atoms with Gasteiger partial charge in [0.25, 0.3) is 10.1 Å². The average Bonchev–Trinajstić information content (AvgIpc) is 3.14. The van der Waals surface area contributed by atoms with Gasteiger partial charge in [-0.05, 0) is 70.6 Å². The summed E-state index contributed by atoms with van der Waals surface area (Å²) in [6.07, 6.45) is 28.5. The van der Waals surface area contributed by atoms with E-state index in [-0.39, 0.29) is 19.4 Å². The van der Waals surface area contributed by atoms with Crippen molar-refractivity contribution < 1.29 is 56.8 Å². The quantitative estimate of drug-likeness (QED) is 0.0229. The Labute approximate surface area is 330 Å². The molecule has 55 heavy (non-hydrogen) atoms. The normalized spacial score (nSPS) is 21.5. The predicted molar refractivity (Wildman–Crippen MR) is 215 cm³/mol. The molecule has 0 aliphatic carbocycles. The number of aliphatic hydroxyl groups excluding tert-OH is 3. The first-order chi connectivity index (χ1) is 26.5. The number of carbonyl (C=O) groups excluding carboxylic acids is 2. The molecule has 1 aliphatic rings. The third-order valence-electron chi connectivity index (χ3n) is 8.81. The van der Waals surface area contributed by atoms with Gasteiger partial charge in [-0.15, -0.1) is 0 Å². The van der Waals surface area contributed by atoms with Gasteiger partial charge in [0.15, 0.2) is 12.4 Å². The molecule has 6 unspecified atom stereocenters. The summed E-state index contributed by atoms with van der Waals surface area (Å²) in [5.74, 6) is -2.04. The zero-order valence-corrected chi connectivity index (χ0v) is 34.1. The van der Waals surface area contributed by atoms with Gasteiger partial charge in [-0.2, -0.15) is 8.42 Å². The van der Waals surface area contributed by atoms with Crippen LogP contribution in [0.5, 0.6) is 0 Å². The van der Waals surface area contributed by atoms with E-state index in [0.717, 1.165) is 96.3 Å². The van der Waals surface area contributed by atoms with Crippen molar-refractivity contribution in [2.24, 2.45) is 0 Å². The Kier molecular flexibility index (Phi) is 29.7. The van der Waals surface area contributed by atoms with Crippen LogP contribution in [0.2, 0.25) is 0 Å². The van der Waals surface area contributed by atoms with Crippen molar-refractivity contribution in [1.29, 1.82) is 0 Å². The lowest BCUT2D eigenvalue weighted by atomic mass is 10.00. The smallest absolute Gasteiger partial charge is 0.306 e. The Morgan fingerprint density at radius 2 is 1.15 bits per heavy atom. The topological polar surface area (TPSA) is 186 Å². The van der Waals surface area contributed by atoms with E-state index in [1.54, 1.807) is 0 Å². The van der Waals surface area contributed by atoms with Gasteiger partial charge >= 0.3 is 11.9 Å². The second-order valence-corrected chi connectivity index (χ2v) is 15.4. The standard InChI is InChI=1S/C42H70O12S/c1-3-5-7-9-11-13-15-16-17-18-19-20-21-23-25-27-29-31-38(44)53-35(32-51-37(43)30-28-26-24-22-14-12-10-8-6-4-2)33-52-42-41(47)40(46)39(45)36(54-42)34-55(48,49)50/h5,7-8,10-11,13,16-17,19-20,35-36,39-42,45-47H,3-4,6,9,12,14-15,18,21-34H2,1-2H3,(H,48,49,50)/b7-5-,10-8-,13-11-,17-16-,20-19-. The van der Waals surface area contributed by atoms with Crippen molar-refractivity contribution in [1.82, 2.24) is 0 Å². The fraction of sp³-hybridized carbons (Fsp3) is 0.714. The van der Waals surface area contributed by atoms with Crippen LogP contribution in [0.3, 0.4) is 0 Å².